The lowest BCUT2D eigenvalue weighted by molar-refractivity contribution is 0.0906. The van der Waals surface area contributed by atoms with E-state index >= 15 is 0 Å². The van der Waals surface area contributed by atoms with Crippen LogP contribution in [0, 0.1) is 5.41 Å². The third kappa shape index (κ3) is 2.99. The highest BCUT2D eigenvalue weighted by Gasteiger charge is 2.24. The molecule has 0 bridgehead atoms. The van der Waals surface area contributed by atoms with E-state index < -0.39 is 0 Å². The molecule has 0 aliphatic carbocycles. The van der Waals surface area contributed by atoms with Crippen LogP contribution >= 0.6 is 0 Å². The Morgan fingerprint density at radius 1 is 1.53 bits per heavy atom. The average Bonchev–Trinajstić information content (AvgIpc) is 2.57. The summed E-state index contributed by atoms with van der Waals surface area (Å²) in [6.45, 7) is 10.2. The molecule has 0 fully saturated rings. The maximum atomic E-state index is 12.0. The van der Waals surface area contributed by atoms with Crippen LogP contribution in [0.2, 0.25) is 0 Å². The molecule has 1 rings (SSSR count). The highest BCUT2D eigenvalue weighted by molar-refractivity contribution is 5.97. The van der Waals surface area contributed by atoms with Crippen molar-refractivity contribution in [3.63, 3.8) is 0 Å². The number of anilines is 1. The van der Waals surface area contributed by atoms with Crippen LogP contribution in [-0.2, 0) is 6.42 Å². The van der Waals surface area contributed by atoms with E-state index in [1.54, 1.807) is 0 Å². The van der Waals surface area contributed by atoms with Gasteiger partial charge in [0.05, 0.1) is 11.4 Å². The third-order valence-electron chi connectivity index (χ3n) is 3.10. The summed E-state index contributed by atoms with van der Waals surface area (Å²) < 4.78 is 0. The molecule has 0 aliphatic rings. The first-order valence-electron chi connectivity index (χ1n) is 5.91. The highest BCUT2D eigenvalue weighted by atomic mass is 16.2. The largest absolute Gasteiger partial charge is 0.395 e. The molecule has 17 heavy (non-hydrogen) atoms. The second-order valence-corrected chi connectivity index (χ2v) is 5.38. The van der Waals surface area contributed by atoms with Crippen LogP contribution in [-0.4, -0.2) is 22.1 Å². The molecule has 1 atom stereocenters. The summed E-state index contributed by atoms with van der Waals surface area (Å²) in [5, 5.41) is 9.65. The summed E-state index contributed by atoms with van der Waals surface area (Å²) in [6, 6.07) is 0.0520. The molecule has 0 spiro atoms. The van der Waals surface area contributed by atoms with E-state index in [0.717, 1.165) is 12.1 Å². The van der Waals surface area contributed by atoms with Crippen molar-refractivity contribution in [3.05, 3.63) is 11.4 Å². The van der Waals surface area contributed by atoms with Crippen molar-refractivity contribution in [2.24, 2.45) is 5.41 Å². The number of aromatic nitrogens is 2. The number of hydrogen-bond acceptors (Lipinski definition) is 3. The fourth-order valence-corrected chi connectivity index (χ4v) is 1.31. The van der Waals surface area contributed by atoms with Gasteiger partial charge in [0.25, 0.3) is 5.91 Å². The van der Waals surface area contributed by atoms with Crippen LogP contribution in [0.1, 0.15) is 50.8 Å². The standard InChI is InChI=1S/C12H22N4O/c1-6-8-9(13)10(16-15-8)11(17)14-7(2)12(3,4)5/h7H,6,13H2,1-5H3,(H,14,17)(H,15,16). The van der Waals surface area contributed by atoms with E-state index in [1.807, 2.05) is 13.8 Å². The van der Waals surface area contributed by atoms with Crippen LogP contribution in [0.4, 0.5) is 5.69 Å². The van der Waals surface area contributed by atoms with Gasteiger partial charge in [-0.3, -0.25) is 9.89 Å². The Morgan fingerprint density at radius 3 is 2.53 bits per heavy atom. The molecule has 5 nitrogen and oxygen atoms in total. The summed E-state index contributed by atoms with van der Waals surface area (Å²) in [5.74, 6) is -0.221. The minimum Gasteiger partial charge on any atom is -0.395 e. The van der Waals surface area contributed by atoms with Gasteiger partial charge in [-0.15, -0.1) is 0 Å². The van der Waals surface area contributed by atoms with Gasteiger partial charge in [0.15, 0.2) is 5.69 Å². The minimum absolute atomic E-state index is 0.00825. The second-order valence-electron chi connectivity index (χ2n) is 5.38. The van der Waals surface area contributed by atoms with E-state index in [-0.39, 0.29) is 23.1 Å². The fraction of sp³-hybridized carbons (Fsp3) is 0.667. The predicted octanol–water partition coefficient (Wildman–Crippen LogP) is 1.72. The van der Waals surface area contributed by atoms with Crippen LogP contribution in [0.15, 0.2) is 0 Å². The molecule has 0 radical (unpaired) electrons. The van der Waals surface area contributed by atoms with Gasteiger partial charge in [0.1, 0.15) is 0 Å². The van der Waals surface area contributed by atoms with Gasteiger partial charge in [-0.05, 0) is 18.8 Å². The number of nitrogen functional groups attached to an aromatic ring is 1. The van der Waals surface area contributed by atoms with Crippen LogP contribution in [0.3, 0.4) is 0 Å². The monoisotopic (exact) mass is 238 g/mol. The lowest BCUT2D eigenvalue weighted by Crippen LogP contribution is -2.41. The van der Waals surface area contributed by atoms with E-state index in [2.05, 4.69) is 36.3 Å². The predicted molar refractivity (Wildman–Crippen MR) is 68.8 cm³/mol. The molecule has 1 heterocycles. The quantitative estimate of drug-likeness (QED) is 0.749. The van der Waals surface area contributed by atoms with Crippen LogP contribution in [0.25, 0.3) is 0 Å². The van der Waals surface area contributed by atoms with Crippen molar-refractivity contribution in [2.75, 3.05) is 5.73 Å². The van der Waals surface area contributed by atoms with Gasteiger partial charge in [-0.1, -0.05) is 27.7 Å². The van der Waals surface area contributed by atoms with E-state index in [1.165, 1.54) is 0 Å². The number of hydrogen-bond donors (Lipinski definition) is 3. The van der Waals surface area contributed by atoms with Gasteiger partial charge < -0.3 is 11.1 Å². The Kier molecular flexibility index (Phi) is 3.80. The Labute approximate surface area is 102 Å². The third-order valence-corrected chi connectivity index (χ3v) is 3.10. The molecule has 1 unspecified atom stereocenters. The van der Waals surface area contributed by atoms with Crippen LogP contribution < -0.4 is 11.1 Å². The number of nitrogens with zero attached hydrogens (tertiary/aromatic N) is 1. The molecule has 0 aromatic carbocycles. The first-order valence-corrected chi connectivity index (χ1v) is 5.91. The molecule has 1 aromatic heterocycles. The number of amides is 1. The molecular formula is C12H22N4O. The number of carbonyl (C=O) groups excluding carboxylic acids is 1. The highest BCUT2D eigenvalue weighted by Crippen LogP contribution is 2.20. The first kappa shape index (κ1) is 13.5. The normalized spacial score (nSPS) is 13.5. The van der Waals surface area contributed by atoms with E-state index in [9.17, 15) is 4.79 Å². The maximum absolute atomic E-state index is 12.0. The van der Waals surface area contributed by atoms with Crippen molar-refractivity contribution in [2.45, 2.75) is 47.1 Å². The number of carbonyl (C=O) groups is 1. The summed E-state index contributed by atoms with van der Waals surface area (Å²) in [7, 11) is 0. The molecule has 4 N–H and O–H groups in total. The molecule has 5 heteroatoms. The minimum atomic E-state index is -0.221. The van der Waals surface area contributed by atoms with E-state index in [0.29, 0.717) is 5.69 Å². The Balaban J connectivity index is 2.80. The Hall–Kier alpha value is -1.52. The van der Waals surface area contributed by atoms with Crippen LogP contribution in [0.5, 0.6) is 0 Å². The van der Waals surface area contributed by atoms with Gasteiger partial charge in [-0.25, -0.2) is 0 Å². The maximum Gasteiger partial charge on any atom is 0.274 e. The van der Waals surface area contributed by atoms with Gasteiger partial charge in [0.2, 0.25) is 0 Å². The van der Waals surface area contributed by atoms with Crippen molar-refractivity contribution < 1.29 is 4.79 Å². The molecule has 0 saturated heterocycles. The molecule has 1 amide bonds. The zero-order valence-corrected chi connectivity index (χ0v) is 11.2. The van der Waals surface area contributed by atoms with Crippen molar-refractivity contribution in [3.8, 4) is 0 Å². The van der Waals surface area contributed by atoms with Gasteiger partial charge in [0, 0.05) is 6.04 Å². The SMILES string of the molecule is CCc1[nH]nc(C(=O)NC(C)C(C)(C)C)c1N. The Bertz CT molecular complexity index is 403. The lowest BCUT2D eigenvalue weighted by atomic mass is 9.88. The molecule has 1 aromatic rings. The number of rotatable bonds is 3. The molecular weight excluding hydrogens is 216 g/mol. The second kappa shape index (κ2) is 4.77. The van der Waals surface area contributed by atoms with Crippen molar-refractivity contribution >= 4 is 11.6 Å². The number of aryl methyl sites for hydroxylation is 1. The topological polar surface area (TPSA) is 83.8 Å². The van der Waals surface area contributed by atoms with Crippen molar-refractivity contribution in [1.29, 1.82) is 0 Å². The fourth-order valence-electron chi connectivity index (χ4n) is 1.31. The molecule has 96 valence electrons. The smallest absolute Gasteiger partial charge is 0.274 e. The van der Waals surface area contributed by atoms with E-state index in [4.69, 9.17) is 5.73 Å². The number of nitrogens with one attached hydrogen (secondary N) is 2. The summed E-state index contributed by atoms with van der Waals surface area (Å²) in [6.07, 6.45) is 0.737. The first-order chi connectivity index (χ1) is 7.77. The summed E-state index contributed by atoms with van der Waals surface area (Å²) in [5.41, 5.74) is 7.40. The van der Waals surface area contributed by atoms with Gasteiger partial charge >= 0.3 is 0 Å². The summed E-state index contributed by atoms with van der Waals surface area (Å²) >= 11 is 0. The molecule has 0 saturated carbocycles. The zero-order chi connectivity index (χ0) is 13.2. The molecule has 0 aliphatic heterocycles. The zero-order valence-electron chi connectivity index (χ0n) is 11.2. The number of nitrogens with two attached hydrogens (primary N) is 1. The number of H-pyrrole nitrogens is 1. The van der Waals surface area contributed by atoms with Crippen molar-refractivity contribution in [1.82, 2.24) is 15.5 Å². The average molecular weight is 238 g/mol. The van der Waals surface area contributed by atoms with Gasteiger partial charge in [-0.2, -0.15) is 5.10 Å². The lowest BCUT2D eigenvalue weighted by Gasteiger charge is -2.27. The summed E-state index contributed by atoms with van der Waals surface area (Å²) in [4.78, 5) is 12.0. The number of aromatic amines is 1. The Morgan fingerprint density at radius 2 is 2.12 bits per heavy atom.